The molecule has 0 spiro atoms. The molecule has 0 aliphatic carbocycles. The van der Waals surface area contributed by atoms with E-state index in [0.29, 0.717) is 17.3 Å². The van der Waals surface area contributed by atoms with E-state index >= 15 is 0 Å². The van der Waals surface area contributed by atoms with Gasteiger partial charge in [0.25, 0.3) is 0 Å². The molecule has 0 saturated carbocycles. The second kappa shape index (κ2) is 6.29. The first-order chi connectivity index (χ1) is 12.1. The zero-order chi connectivity index (χ0) is 17.4. The summed E-state index contributed by atoms with van der Waals surface area (Å²) < 4.78 is 20.4. The first kappa shape index (κ1) is 15.8. The van der Waals surface area contributed by atoms with Crippen molar-refractivity contribution in [1.29, 1.82) is 0 Å². The summed E-state index contributed by atoms with van der Waals surface area (Å²) in [5, 5.41) is 6.00. The third-order valence-electron chi connectivity index (χ3n) is 3.81. The Kier molecular flexibility index (Phi) is 3.96. The Bertz CT molecular complexity index is 1020. The molecule has 0 aliphatic rings. The zero-order valence-electron chi connectivity index (χ0n) is 13.6. The Morgan fingerprint density at radius 1 is 1.16 bits per heavy atom. The minimum absolute atomic E-state index is 0.289. The number of fused-ring (bicyclic) bond motifs is 1. The maximum Gasteiger partial charge on any atom is 0.205 e. The number of halogens is 1. The molecule has 6 nitrogen and oxygen atoms in total. The van der Waals surface area contributed by atoms with Crippen LogP contribution >= 0.6 is 11.8 Å². The smallest absolute Gasteiger partial charge is 0.205 e. The minimum Gasteiger partial charge on any atom is -0.445 e. The van der Waals surface area contributed by atoms with Crippen LogP contribution in [0.2, 0.25) is 0 Å². The molecule has 0 N–H and O–H groups in total. The number of nitrogens with zero attached hydrogens (tertiary/aromatic N) is 5. The van der Waals surface area contributed by atoms with Crippen molar-refractivity contribution in [2.24, 2.45) is 0 Å². The summed E-state index contributed by atoms with van der Waals surface area (Å²) in [5.41, 5.74) is 2.31. The highest BCUT2D eigenvalue weighted by Gasteiger charge is 2.13. The molecule has 3 heterocycles. The van der Waals surface area contributed by atoms with Crippen molar-refractivity contribution in [3.05, 3.63) is 60.0 Å². The first-order valence-corrected chi connectivity index (χ1v) is 8.61. The van der Waals surface area contributed by atoms with Crippen LogP contribution in [0.4, 0.5) is 4.39 Å². The highest BCUT2D eigenvalue weighted by atomic mass is 32.2. The number of aromatic nitrogens is 5. The summed E-state index contributed by atoms with van der Waals surface area (Å²) in [4.78, 5) is 13.0. The molecule has 0 unspecified atom stereocenters. The predicted octanol–water partition coefficient (Wildman–Crippen LogP) is 3.85. The van der Waals surface area contributed by atoms with Gasteiger partial charge in [-0.15, -0.1) is 0 Å². The van der Waals surface area contributed by atoms with E-state index in [2.05, 4.69) is 20.1 Å². The number of oxazole rings is 1. The van der Waals surface area contributed by atoms with E-state index in [0.717, 1.165) is 27.6 Å². The molecular weight excluding hydrogens is 341 g/mol. The van der Waals surface area contributed by atoms with Crippen LogP contribution in [0, 0.1) is 19.7 Å². The molecule has 8 heteroatoms. The lowest BCUT2D eigenvalue weighted by molar-refractivity contribution is 0.489. The maximum absolute atomic E-state index is 13.1. The van der Waals surface area contributed by atoms with Gasteiger partial charge in [0.15, 0.2) is 5.65 Å². The van der Waals surface area contributed by atoms with Crippen LogP contribution in [0.15, 0.2) is 46.2 Å². The standard InChI is InChI=1S/C17H14FN5OS/c1-10-11(2)24-15(22-10)8-25-17-14-7-21-23(16(14)19-9-20-17)13-5-3-12(18)4-6-13/h3-7,9H,8H2,1-2H3. The van der Waals surface area contributed by atoms with Crippen LogP contribution in [0.3, 0.4) is 0 Å². The molecule has 4 rings (SSSR count). The van der Waals surface area contributed by atoms with Crippen LogP contribution in [0.5, 0.6) is 0 Å². The lowest BCUT2D eigenvalue weighted by Gasteiger charge is -2.03. The summed E-state index contributed by atoms with van der Waals surface area (Å²) in [5.74, 6) is 1.77. The summed E-state index contributed by atoms with van der Waals surface area (Å²) in [6, 6.07) is 6.12. The van der Waals surface area contributed by atoms with Crippen molar-refractivity contribution in [3.63, 3.8) is 0 Å². The van der Waals surface area contributed by atoms with E-state index in [1.807, 2.05) is 13.8 Å². The van der Waals surface area contributed by atoms with Gasteiger partial charge < -0.3 is 4.42 Å². The lowest BCUT2D eigenvalue weighted by Crippen LogP contribution is -1.98. The largest absolute Gasteiger partial charge is 0.445 e. The van der Waals surface area contributed by atoms with E-state index in [1.54, 1.807) is 23.0 Å². The second-order valence-electron chi connectivity index (χ2n) is 5.49. The van der Waals surface area contributed by atoms with Crippen LogP contribution in [0.1, 0.15) is 17.3 Å². The van der Waals surface area contributed by atoms with Crippen molar-refractivity contribution in [3.8, 4) is 5.69 Å². The lowest BCUT2D eigenvalue weighted by atomic mass is 10.3. The van der Waals surface area contributed by atoms with Crippen molar-refractivity contribution in [2.45, 2.75) is 24.6 Å². The number of hydrogen-bond donors (Lipinski definition) is 0. The Labute approximate surface area is 147 Å². The average molecular weight is 355 g/mol. The molecule has 0 aliphatic heterocycles. The van der Waals surface area contributed by atoms with E-state index in [-0.39, 0.29) is 5.82 Å². The van der Waals surface area contributed by atoms with Crippen molar-refractivity contribution in [1.82, 2.24) is 24.7 Å². The molecule has 0 saturated heterocycles. The number of thioether (sulfide) groups is 1. The molecule has 0 amide bonds. The SMILES string of the molecule is Cc1nc(CSc2ncnc3c2cnn3-c2ccc(F)cc2)oc1C. The van der Waals surface area contributed by atoms with E-state index in [4.69, 9.17) is 4.42 Å². The Morgan fingerprint density at radius 3 is 2.68 bits per heavy atom. The van der Waals surface area contributed by atoms with E-state index in [1.165, 1.54) is 30.2 Å². The van der Waals surface area contributed by atoms with Crippen molar-refractivity contribution < 1.29 is 8.81 Å². The van der Waals surface area contributed by atoms with Gasteiger partial charge in [0.1, 0.15) is 22.9 Å². The molecule has 0 bridgehead atoms. The maximum atomic E-state index is 13.1. The van der Waals surface area contributed by atoms with Gasteiger partial charge in [-0.25, -0.2) is 24.0 Å². The fourth-order valence-corrected chi connectivity index (χ4v) is 3.24. The van der Waals surface area contributed by atoms with Gasteiger partial charge in [-0.05, 0) is 38.1 Å². The number of aryl methyl sites for hydroxylation is 2. The summed E-state index contributed by atoms with van der Waals surface area (Å²) in [6.45, 7) is 3.81. The molecule has 4 aromatic rings. The number of hydrogen-bond acceptors (Lipinski definition) is 6. The Morgan fingerprint density at radius 2 is 1.96 bits per heavy atom. The number of benzene rings is 1. The monoisotopic (exact) mass is 355 g/mol. The van der Waals surface area contributed by atoms with Crippen molar-refractivity contribution >= 4 is 22.8 Å². The van der Waals surface area contributed by atoms with Crippen LogP contribution in [0.25, 0.3) is 16.7 Å². The van der Waals surface area contributed by atoms with Crippen LogP contribution in [-0.4, -0.2) is 24.7 Å². The fraction of sp³-hybridized carbons (Fsp3) is 0.176. The fourth-order valence-electron chi connectivity index (χ4n) is 2.44. The summed E-state index contributed by atoms with van der Waals surface area (Å²) in [6.07, 6.45) is 3.21. The molecule has 1 aromatic carbocycles. The third-order valence-corrected chi connectivity index (χ3v) is 4.80. The van der Waals surface area contributed by atoms with Crippen LogP contribution < -0.4 is 0 Å². The van der Waals surface area contributed by atoms with Gasteiger partial charge in [0.05, 0.1) is 28.7 Å². The number of rotatable bonds is 4. The molecule has 25 heavy (non-hydrogen) atoms. The Balaban J connectivity index is 1.65. The first-order valence-electron chi connectivity index (χ1n) is 7.62. The third kappa shape index (κ3) is 3.00. The quantitative estimate of drug-likeness (QED) is 0.409. The van der Waals surface area contributed by atoms with Gasteiger partial charge in [0.2, 0.25) is 5.89 Å². The summed E-state index contributed by atoms with van der Waals surface area (Å²) in [7, 11) is 0. The summed E-state index contributed by atoms with van der Waals surface area (Å²) >= 11 is 1.52. The van der Waals surface area contributed by atoms with Gasteiger partial charge in [-0.1, -0.05) is 11.8 Å². The van der Waals surface area contributed by atoms with Crippen LogP contribution in [-0.2, 0) is 5.75 Å². The highest BCUT2D eigenvalue weighted by Crippen LogP contribution is 2.28. The molecule has 126 valence electrons. The molecule has 0 radical (unpaired) electrons. The molecule has 0 atom stereocenters. The highest BCUT2D eigenvalue weighted by molar-refractivity contribution is 7.98. The minimum atomic E-state index is -0.289. The molecule has 0 fully saturated rings. The predicted molar refractivity (Wildman–Crippen MR) is 92.2 cm³/mol. The van der Waals surface area contributed by atoms with E-state index < -0.39 is 0 Å². The van der Waals surface area contributed by atoms with Gasteiger partial charge >= 0.3 is 0 Å². The van der Waals surface area contributed by atoms with Gasteiger partial charge in [0, 0.05) is 0 Å². The second-order valence-corrected chi connectivity index (χ2v) is 6.45. The van der Waals surface area contributed by atoms with Gasteiger partial charge in [-0.3, -0.25) is 0 Å². The van der Waals surface area contributed by atoms with Gasteiger partial charge in [-0.2, -0.15) is 5.10 Å². The molecular formula is C17H14FN5OS. The molecule has 3 aromatic heterocycles. The topological polar surface area (TPSA) is 69.6 Å². The average Bonchev–Trinajstić information content (AvgIpc) is 3.18. The Hall–Kier alpha value is -2.74. The normalized spacial score (nSPS) is 11.3. The zero-order valence-corrected chi connectivity index (χ0v) is 14.4. The van der Waals surface area contributed by atoms with E-state index in [9.17, 15) is 4.39 Å². The van der Waals surface area contributed by atoms with Crippen molar-refractivity contribution in [2.75, 3.05) is 0 Å².